The van der Waals surface area contributed by atoms with Gasteiger partial charge in [0.1, 0.15) is 5.82 Å². The zero-order valence-electron chi connectivity index (χ0n) is 17.2. The van der Waals surface area contributed by atoms with Crippen molar-refractivity contribution in [3.8, 4) is 0 Å². The van der Waals surface area contributed by atoms with Crippen molar-refractivity contribution in [2.24, 2.45) is 0 Å². The van der Waals surface area contributed by atoms with Gasteiger partial charge in [-0.25, -0.2) is 9.78 Å². The maximum Gasteiger partial charge on any atom is 0.416 e. The van der Waals surface area contributed by atoms with E-state index in [2.05, 4.69) is 15.3 Å². The lowest BCUT2D eigenvalue weighted by Crippen LogP contribution is -2.36. The Labute approximate surface area is 181 Å². The second-order valence-electron chi connectivity index (χ2n) is 7.48. The molecule has 1 fully saturated rings. The molecule has 0 radical (unpaired) electrons. The molecule has 1 aromatic heterocycles. The first-order chi connectivity index (χ1) is 15.2. The fourth-order valence-corrected chi connectivity index (χ4v) is 3.68. The van der Waals surface area contributed by atoms with Gasteiger partial charge in [0.25, 0.3) is 0 Å². The summed E-state index contributed by atoms with van der Waals surface area (Å²) in [6.07, 6.45) is -3.10. The van der Waals surface area contributed by atoms with Crippen LogP contribution in [-0.2, 0) is 10.9 Å². The van der Waals surface area contributed by atoms with Gasteiger partial charge in [0, 0.05) is 24.3 Å². The molecule has 0 saturated carbocycles. The molecule has 2 aromatic carbocycles. The van der Waals surface area contributed by atoms with E-state index in [0.29, 0.717) is 43.3 Å². The van der Waals surface area contributed by atoms with E-state index in [9.17, 15) is 23.1 Å². The highest BCUT2D eigenvalue weighted by Gasteiger charge is 2.32. The number of aromatic nitrogens is 2. The Hall–Kier alpha value is -3.40. The van der Waals surface area contributed by atoms with Gasteiger partial charge in [-0.15, -0.1) is 0 Å². The molecule has 1 aliphatic rings. The molecule has 2 N–H and O–H groups in total. The summed E-state index contributed by atoms with van der Waals surface area (Å²) in [4.78, 5) is 22.4. The van der Waals surface area contributed by atoms with E-state index in [-0.39, 0.29) is 16.6 Å². The van der Waals surface area contributed by atoms with Crippen molar-refractivity contribution in [1.82, 2.24) is 9.97 Å². The van der Waals surface area contributed by atoms with Gasteiger partial charge in [0.2, 0.25) is 0 Å². The molecule has 32 heavy (non-hydrogen) atoms. The molecule has 1 aliphatic heterocycles. The molecule has 3 aromatic rings. The van der Waals surface area contributed by atoms with Crippen molar-refractivity contribution < 1.29 is 27.8 Å². The number of anilines is 2. The third-order valence-electron chi connectivity index (χ3n) is 5.32. The van der Waals surface area contributed by atoms with Gasteiger partial charge in [0.05, 0.1) is 47.6 Å². The van der Waals surface area contributed by atoms with Crippen LogP contribution in [0.2, 0.25) is 0 Å². The van der Waals surface area contributed by atoms with Crippen LogP contribution in [0.25, 0.3) is 11.0 Å². The number of aromatic carboxylic acids is 1. The quantitative estimate of drug-likeness (QED) is 0.602. The van der Waals surface area contributed by atoms with Crippen molar-refractivity contribution >= 4 is 28.5 Å². The third kappa shape index (κ3) is 4.45. The smallest absolute Gasteiger partial charge is 0.416 e. The molecule has 0 aliphatic carbocycles. The third-order valence-corrected chi connectivity index (χ3v) is 5.32. The van der Waals surface area contributed by atoms with E-state index in [1.54, 1.807) is 25.1 Å². The lowest BCUT2D eigenvalue weighted by atomic mass is 10.0. The Morgan fingerprint density at radius 3 is 2.62 bits per heavy atom. The first-order valence-corrected chi connectivity index (χ1v) is 10.0. The minimum Gasteiger partial charge on any atom is -0.478 e. The number of carbonyl (C=O) groups is 1. The van der Waals surface area contributed by atoms with E-state index in [4.69, 9.17) is 4.74 Å². The summed E-state index contributed by atoms with van der Waals surface area (Å²) in [5.41, 5.74) is 0.207. The van der Waals surface area contributed by atoms with Gasteiger partial charge in [-0.05, 0) is 31.2 Å². The number of rotatable bonds is 5. The summed E-state index contributed by atoms with van der Waals surface area (Å²) in [7, 11) is 0. The van der Waals surface area contributed by atoms with Crippen LogP contribution in [0.15, 0.2) is 42.6 Å². The number of nitrogens with one attached hydrogen (secondary N) is 1. The molecule has 1 atom stereocenters. The first-order valence-electron chi connectivity index (χ1n) is 10.0. The lowest BCUT2D eigenvalue weighted by molar-refractivity contribution is -0.137. The average Bonchev–Trinajstić information content (AvgIpc) is 2.78. The van der Waals surface area contributed by atoms with Crippen LogP contribution in [0.4, 0.5) is 24.7 Å². The SMILES string of the molecule is C[C@@H](Nc1ccccc1C(=O)O)c1cc(C(F)(F)F)cc2ncc(N3CCOCC3)nc12. The summed E-state index contributed by atoms with van der Waals surface area (Å²) < 4.78 is 46.0. The number of ether oxygens (including phenoxy) is 1. The molecular weight excluding hydrogens is 425 g/mol. The van der Waals surface area contributed by atoms with Crippen LogP contribution in [0.5, 0.6) is 0 Å². The molecule has 4 rings (SSSR count). The van der Waals surface area contributed by atoms with Crippen LogP contribution < -0.4 is 10.2 Å². The number of hydrogen-bond donors (Lipinski definition) is 2. The number of nitrogens with zero attached hydrogens (tertiary/aromatic N) is 3. The molecule has 0 amide bonds. The van der Waals surface area contributed by atoms with Crippen molar-refractivity contribution in [1.29, 1.82) is 0 Å². The Bertz CT molecular complexity index is 1150. The topological polar surface area (TPSA) is 87.6 Å². The van der Waals surface area contributed by atoms with Gasteiger partial charge in [-0.3, -0.25) is 4.98 Å². The summed E-state index contributed by atoms with van der Waals surface area (Å²) in [6.45, 7) is 3.94. The van der Waals surface area contributed by atoms with E-state index in [1.165, 1.54) is 12.3 Å². The molecule has 7 nitrogen and oxygen atoms in total. The summed E-state index contributed by atoms with van der Waals surface area (Å²) >= 11 is 0. The van der Waals surface area contributed by atoms with Gasteiger partial charge in [-0.2, -0.15) is 13.2 Å². The average molecular weight is 446 g/mol. The number of fused-ring (bicyclic) bond motifs is 1. The van der Waals surface area contributed by atoms with Crippen molar-refractivity contribution in [2.75, 3.05) is 36.5 Å². The molecule has 0 spiro atoms. The number of para-hydroxylation sites is 1. The Balaban J connectivity index is 1.80. The Morgan fingerprint density at radius 1 is 1.22 bits per heavy atom. The van der Waals surface area contributed by atoms with E-state index in [0.717, 1.165) is 12.1 Å². The molecule has 168 valence electrons. The fourth-order valence-electron chi connectivity index (χ4n) is 3.68. The number of alkyl halides is 3. The fraction of sp³-hybridized carbons (Fsp3) is 0.318. The van der Waals surface area contributed by atoms with Crippen molar-refractivity contribution in [3.05, 3.63) is 59.3 Å². The van der Waals surface area contributed by atoms with Crippen LogP contribution in [0, 0.1) is 0 Å². The highest BCUT2D eigenvalue weighted by atomic mass is 19.4. The molecule has 1 saturated heterocycles. The molecule has 0 unspecified atom stereocenters. The van der Waals surface area contributed by atoms with Gasteiger partial charge >= 0.3 is 12.1 Å². The minimum absolute atomic E-state index is 0.0238. The van der Waals surface area contributed by atoms with E-state index < -0.39 is 23.8 Å². The summed E-state index contributed by atoms with van der Waals surface area (Å²) in [5.74, 6) is -0.580. The maximum atomic E-state index is 13.6. The molecule has 2 heterocycles. The second-order valence-corrected chi connectivity index (χ2v) is 7.48. The number of hydrogen-bond acceptors (Lipinski definition) is 6. The van der Waals surface area contributed by atoms with Crippen molar-refractivity contribution in [3.63, 3.8) is 0 Å². The predicted octanol–water partition coefficient (Wildman–Crippen LogP) is 4.36. The van der Waals surface area contributed by atoms with Gasteiger partial charge < -0.3 is 20.1 Å². The van der Waals surface area contributed by atoms with Crippen LogP contribution in [0.3, 0.4) is 0 Å². The highest BCUT2D eigenvalue weighted by molar-refractivity contribution is 5.94. The first kappa shape index (κ1) is 21.8. The van der Waals surface area contributed by atoms with Crippen LogP contribution in [-0.4, -0.2) is 47.3 Å². The molecular formula is C22H21F3N4O3. The predicted molar refractivity (Wildman–Crippen MR) is 113 cm³/mol. The van der Waals surface area contributed by atoms with Crippen LogP contribution in [0.1, 0.15) is 34.5 Å². The second kappa shape index (κ2) is 8.62. The maximum absolute atomic E-state index is 13.6. The van der Waals surface area contributed by atoms with Crippen molar-refractivity contribution in [2.45, 2.75) is 19.1 Å². The lowest BCUT2D eigenvalue weighted by Gasteiger charge is -2.28. The zero-order valence-corrected chi connectivity index (χ0v) is 17.2. The highest BCUT2D eigenvalue weighted by Crippen LogP contribution is 2.36. The summed E-state index contributed by atoms with van der Waals surface area (Å²) in [5, 5.41) is 12.5. The number of morpholine rings is 1. The number of benzene rings is 2. The monoisotopic (exact) mass is 446 g/mol. The Kier molecular flexibility index (Phi) is 5.88. The van der Waals surface area contributed by atoms with Crippen LogP contribution >= 0.6 is 0 Å². The zero-order chi connectivity index (χ0) is 22.9. The standard InChI is InChI=1S/C22H21F3N4O3/c1-13(27-17-5-3-2-4-15(17)21(30)31)16-10-14(22(23,24)25)11-18-20(16)28-19(12-26-18)29-6-8-32-9-7-29/h2-5,10-13,27H,6-9H2,1H3,(H,30,31)/t13-/m1/s1. The molecule has 0 bridgehead atoms. The number of halogens is 3. The number of carboxylic acid groups (broad SMARTS) is 1. The Morgan fingerprint density at radius 2 is 1.94 bits per heavy atom. The normalized spacial score (nSPS) is 15.6. The van der Waals surface area contributed by atoms with Gasteiger partial charge in [-0.1, -0.05) is 12.1 Å². The van der Waals surface area contributed by atoms with E-state index >= 15 is 0 Å². The summed E-state index contributed by atoms with van der Waals surface area (Å²) in [6, 6.07) is 7.59. The van der Waals surface area contributed by atoms with E-state index in [1.807, 2.05) is 4.90 Å². The number of carboxylic acids is 1. The largest absolute Gasteiger partial charge is 0.478 e. The minimum atomic E-state index is -4.56. The van der Waals surface area contributed by atoms with Gasteiger partial charge in [0.15, 0.2) is 0 Å². The molecule has 10 heteroatoms.